The third-order valence-corrected chi connectivity index (χ3v) is 3.22. The van der Waals surface area contributed by atoms with E-state index < -0.39 is 0 Å². The van der Waals surface area contributed by atoms with Crippen LogP contribution in [0.1, 0.15) is 16.7 Å². The average molecular weight is 261 g/mol. The number of nitrogens with one attached hydrogen (secondary N) is 1. The van der Waals surface area contributed by atoms with Crippen LogP contribution in [0.5, 0.6) is 0 Å². The van der Waals surface area contributed by atoms with E-state index in [1.807, 2.05) is 12.1 Å². The molecular weight excluding hydrogens is 244 g/mol. The number of benzene rings is 2. The molecular formula is C15H17ClN2. The zero-order chi connectivity index (χ0) is 13.1. The molecule has 2 aromatic rings. The van der Waals surface area contributed by atoms with Crippen molar-refractivity contribution < 1.29 is 0 Å². The number of aryl methyl sites for hydroxylation is 2. The molecule has 0 aliphatic carbocycles. The summed E-state index contributed by atoms with van der Waals surface area (Å²) in [6.45, 7) is 4.98. The first-order chi connectivity index (χ1) is 8.56. The number of halogens is 1. The maximum atomic E-state index is 5.90. The van der Waals surface area contributed by atoms with Crippen LogP contribution < -0.4 is 11.1 Å². The van der Waals surface area contributed by atoms with Crippen molar-refractivity contribution in [2.24, 2.45) is 0 Å². The van der Waals surface area contributed by atoms with Crippen LogP contribution in [0.3, 0.4) is 0 Å². The lowest BCUT2D eigenvalue weighted by atomic mass is 10.1. The highest BCUT2D eigenvalue weighted by Crippen LogP contribution is 2.23. The van der Waals surface area contributed by atoms with Gasteiger partial charge in [0.2, 0.25) is 0 Å². The van der Waals surface area contributed by atoms with Crippen molar-refractivity contribution in [1.82, 2.24) is 0 Å². The van der Waals surface area contributed by atoms with Gasteiger partial charge in [0.25, 0.3) is 0 Å². The summed E-state index contributed by atoms with van der Waals surface area (Å²) in [5.74, 6) is 0. The van der Waals surface area contributed by atoms with Gasteiger partial charge in [-0.3, -0.25) is 0 Å². The smallest absolute Gasteiger partial charge is 0.0577 e. The van der Waals surface area contributed by atoms with Gasteiger partial charge in [0.1, 0.15) is 0 Å². The SMILES string of the molecule is Cc1ccc(CNc2ccc(Cl)cc2N)c(C)c1. The Morgan fingerprint density at radius 2 is 1.89 bits per heavy atom. The standard InChI is InChI=1S/C15H17ClN2/c1-10-3-4-12(11(2)7-10)9-18-15-6-5-13(16)8-14(15)17/h3-8,18H,9,17H2,1-2H3. The third-order valence-electron chi connectivity index (χ3n) is 2.98. The Hall–Kier alpha value is -1.67. The lowest BCUT2D eigenvalue weighted by Crippen LogP contribution is -2.03. The highest BCUT2D eigenvalue weighted by molar-refractivity contribution is 6.31. The molecule has 94 valence electrons. The summed E-state index contributed by atoms with van der Waals surface area (Å²) in [5, 5.41) is 3.99. The topological polar surface area (TPSA) is 38.0 Å². The molecule has 0 aliphatic rings. The van der Waals surface area contributed by atoms with E-state index in [2.05, 4.69) is 37.4 Å². The number of hydrogen-bond acceptors (Lipinski definition) is 2. The van der Waals surface area contributed by atoms with Crippen molar-refractivity contribution >= 4 is 23.0 Å². The number of anilines is 2. The molecule has 0 heterocycles. The summed E-state index contributed by atoms with van der Waals surface area (Å²) in [6, 6.07) is 11.9. The second-order valence-electron chi connectivity index (χ2n) is 4.52. The van der Waals surface area contributed by atoms with Gasteiger partial charge >= 0.3 is 0 Å². The summed E-state index contributed by atoms with van der Waals surface area (Å²) in [6.07, 6.45) is 0. The maximum absolute atomic E-state index is 5.90. The minimum Gasteiger partial charge on any atom is -0.397 e. The van der Waals surface area contributed by atoms with E-state index in [-0.39, 0.29) is 0 Å². The highest BCUT2D eigenvalue weighted by atomic mass is 35.5. The molecule has 0 saturated carbocycles. The Morgan fingerprint density at radius 1 is 1.11 bits per heavy atom. The van der Waals surface area contributed by atoms with Crippen molar-refractivity contribution in [3.05, 3.63) is 58.1 Å². The molecule has 3 heteroatoms. The number of rotatable bonds is 3. The highest BCUT2D eigenvalue weighted by Gasteiger charge is 2.02. The Bertz CT molecular complexity index is 513. The Balaban J connectivity index is 2.11. The molecule has 0 saturated heterocycles. The third kappa shape index (κ3) is 2.96. The van der Waals surface area contributed by atoms with Crippen molar-refractivity contribution in [2.45, 2.75) is 20.4 Å². The van der Waals surface area contributed by atoms with E-state index >= 15 is 0 Å². The van der Waals surface area contributed by atoms with E-state index in [1.165, 1.54) is 16.7 Å². The van der Waals surface area contributed by atoms with Gasteiger partial charge in [-0.2, -0.15) is 0 Å². The fourth-order valence-corrected chi connectivity index (χ4v) is 2.11. The molecule has 0 atom stereocenters. The molecule has 0 aliphatic heterocycles. The first-order valence-corrected chi connectivity index (χ1v) is 6.29. The van der Waals surface area contributed by atoms with Crippen LogP contribution in [0.15, 0.2) is 36.4 Å². The van der Waals surface area contributed by atoms with Crippen LogP contribution >= 0.6 is 11.6 Å². The molecule has 2 aromatic carbocycles. The summed E-state index contributed by atoms with van der Waals surface area (Å²) >= 11 is 5.87. The van der Waals surface area contributed by atoms with Gasteiger partial charge in [0.05, 0.1) is 11.4 Å². The van der Waals surface area contributed by atoms with Crippen molar-refractivity contribution in [3.63, 3.8) is 0 Å². The van der Waals surface area contributed by atoms with Crippen LogP contribution in [0.4, 0.5) is 11.4 Å². The predicted octanol–water partition coefficient (Wildman–Crippen LogP) is 4.15. The zero-order valence-corrected chi connectivity index (χ0v) is 11.4. The Morgan fingerprint density at radius 3 is 2.56 bits per heavy atom. The number of nitrogen functional groups attached to an aromatic ring is 1. The fourth-order valence-electron chi connectivity index (χ4n) is 1.93. The summed E-state index contributed by atoms with van der Waals surface area (Å²) in [4.78, 5) is 0. The van der Waals surface area contributed by atoms with E-state index in [0.717, 1.165) is 12.2 Å². The Kier molecular flexibility index (Phi) is 3.78. The second kappa shape index (κ2) is 5.32. The number of hydrogen-bond donors (Lipinski definition) is 2. The lowest BCUT2D eigenvalue weighted by Gasteiger charge is -2.12. The quantitative estimate of drug-likeness (QED) is 0.814. The van der Waals surface area contributed by atoms with E-state index in [9.17, 15) is 0 Å². The molecule has 2 rings (SSSR count). The minimum atomic E-state index is 0.657. The fraction of sp³-hybridized carbons (Fsp3) is 0.200. The summed E-state index contributed by atoms with van der Waals surface area (Å²) in [7, 11) is 0. The Labute approximate surface area is 113 Å². The predicted molar refractivity (Wildman–Crippen MR) is 79.1 cm³/mol. The average Bonchev–Trinajstić information content (AvgIpc) is 2.30. The largest absolute Gasteiger partial charge is 0.397 e. The normalized spacial score (nSPS) is 10.4. The molecule has 0 radical (unpaired) electrons. The van der Waals surface area contributed by atoms with Crippen LogP contribution in [-0.2, 0) is 6.54 Å². The second-order valence-corrected chi connectivity index (χ2v) is 4.95. The van der Waals surface area contributed by atoms with E-state index in [4.69, 9.17) is 17.3 Å². The van der Waals surface area contributed by atoms with Crippen LogP contribution in [0.2, 0.25) is 5.02 Å². The molecule has 0 amide bonds. The van der Waals surface area contributed by atoms with Gasteiger partial charge < -0.3 is 11.1 Å². The van der Waals surface area contributed by atoms with E-state index in [1.54, 1.807) is 6.07 Å². The summed E-state index contributed by atoms with van der Waals surface area (Å²) in [5.41, 5.74) is 11.3. The first kappa shape index (κ1) is 12.8. The van der Waals surface area contributed by atoms with Gasteiger partial charge in [-0.25, -0.2) is 0 Å². The van der Waals surface area contributed by atoms with Gasteiger partial charge in [0, 0.05) is 11.6 Å². The first-order valence-electron chi connectivity index (χ1n) is 5.91. The number of nitrogens with two attached hydrogens (primary N) is 1. The molecule has 0 bridgehead atoms. The van der Waals surface area contributed by atoms with Gasteiger partial charge in [-0.1, -0.05) is 35.4 Å². The molecule has 2 nitrogen and oxygen atoms in total. The van der Waals surface area contributed by atoms with Crippen LogP contribution in [0, 0.1) is 13.8 Å². The van der Waals surface area contributed by atoms with Crippen LogP contribution in [0.25, 0.3) is 0 Å². The molecule has 18 heavy (non-hydrogen) atoms. The molecule has 0 unspecified atom stereocenters. The molecule has 0 spiro atoms. The maximum Gasteiger partial charge on any atom is 0.0577 e. The van der Waals surface area contributed by atoms with Crippen molar-refractivity contribution in [1.29, 1.82) is 0 Å². The van der Waals surface area contributed by atoms with Gasteiger partial charge in [-0.05, 0) is 43.2 Å². The lowest BCUT2D eigenvalue weighted by molar-refractivity contribution is 1.11. The monoisotopic (exact) mass is 260 g/mol. The molecule has 0 aromatic heterocycles. The van der Waals surface area contributed by atoms with Gasteiger partial charge in [-0.15, -0.1) is 0 Å². The molecule has 0 fully saturated rings. The minimum absolute atomic E-state index is 0.657. The van der Waals surface area contributed by atoms with E-state index in [0.29, 0.717) is 10.7 Å². The van der Waals surface area contributed by atoms with Crippen molar-refractivity contribution in [3.8, 4) is 0 Å². The summed E-state index contributed by atoms with van der Waals surface area (Å²) < 4.78 is 0. The van der Waals surface area contributed by atoms with Gasteiger partial charge in [0.15, 0.2) is 0 Å². The van der Waals surface area contributed by atoms with Crippen molar-refractivity contribution in [2.75, 3.05) is 11.1 Å². The zero-order valence-electron chi connectivity index (χ0n) is 10.6. The van der Waals surface area contributed by atoms with Crippen LogP contribution in [-0.4, -0.2) is 0 Å². The molecule has 3 N–H and O–H groups in total.